The smallest absolute Gasteiger partial charge is 0.416 e. The summed E-state index contributed by atoms with van der Waals surface area (Å²) in [7, 11) is 4.45. The van der Waals surface area contributed by atoms with Crippen LogP contribution in [0, 0.1) is 21.7 Å². The van der Waals surface area contributed by atoms with Crippen LogP contribution in [0.1, 0.15) is 16.8 Å². The Morgan fingerprint density at radius 2 is 1.67 bits per heavy atom. The van der Waals surface area contributed by atoms with Gasteiger partial charge in [0.05, 0.1) is 41.2 Å². The van der Waals surface area contributed by atoms with Crippen LogP contribution in [0.3, 0.4) is 0 Å². The van der Waals surface area contributed by atoms with Gasteiger partial charge in [-0.05, 0) is 50.5 Å². The van der Waals surface area contributed by atoms with E-state index in [0.29, 0.717) is 15.2 Å². The first-order valence-corrected chi connectivity index (χ1v) is 13.1. The zero-order chi connectivity index (χ0) is 32.8. The predicted molar refractivity (Wildman–Crippen MR) is 152 cm³/mol. The van der Waals surface area contributed by atoms with Gasteiger partial charge in [0.15, 0.2) is 17.2 Å². The van der Waals surface area contributed by atoms with Crippen molar-refractivity contribution in [3.8, 4) is 17.1 Å². The summed E-state index contributed by atoms with van der Waals surface area (Å²) in [5.41, 5.74) is -5.57. The van der Waals surface area contributed by atoms with E-state index in [0.717, 1.165) is 25.3 Å². The first kappa shape index (κ1) is 31.1. The number of fused-ring (bicyclic) bond motifs is 1. The van der Waals surface area contributed by atoms with Gasteiger partial charge in [-0.15, -0.1) is 5.10 Å². The third-order valence-electron chi connectivity index (χ3n) is 6.97. The van der Waals surface area contributed by atoms with Gasteiger partial charge in [0.2, 0.25) is 0 Å². The number of nitro groups is 1. The lowest BCUT2D eigenvalue weighted by Crippen LogP contribution is -2.40. The van der Waals surface area contributed by atoms with Crippen LogP contribution >= 0.6 is 0 Å². The maximum absolute atomic E-state index is 15.5. The molecule has 0 saturated carbocycles. The fourth-order valence-electron chi connectivity index (χ4n) is 4.96. The van der Waals surface area contributed by atoms with E-state index in [2.05, 4.69) is 5.10 Å². The minimum Gasteiger partial charge on any atom is -0.494 e. The number of non-ortho nitro benzene ring substituents is 1. The highest BCUT2D eigenvalue weighted by molar-refractivity contribution is 5.79. The number of hydrogen-bond acceptors (Lipinski definition) is 7. The van der Waals surface area contributed by atoms with E-state index in [9.17, 15) is 32.9 Å². The molecular formula is C29H23F5N6O5. The van der Waals surface area contributed by atoms with Crippen LogP contribution in [0.5, 0.6) is 5.75 Å². The molecule has 0 unspecified atom stereocenters. The molecule has 5 rings (SSSR count). The Hall–Kier alpha value is -5.38. The van der Waals surface area contributed by atoms with Crippen molar-refractivity contribution >= 4 is 16.7 Å². The standard InChI is InChI=1S/C29H23F5N6O5/c1-36(2)15-22-24-26(35-39(22)16-10-12-17(13-11-16)40(43)44)37(14-18-19(29(32,33)34)6-4-7-20(18)30)28(42)38(27(24)41)21-8-5-9-23(45-3)25(21)31/h4-13H,14-15H2,1-3H3. The quantitative estimate of drug-likeness (QED) is 0.139. The molecule has 2 aromatic heterocycles. The molecule has 0 aliphatic rings. The van der Waals surface area contributed by atoms with E-state index in [1.54, 1.807) is 19.0 Å². The van der Waals surface area contributed by atoms with Crippen molar-refractivity contribution in [1.29, 1.82) is 0 Å². The summed E-state index contributed by atoms with van der Waals surface area (Å²) in [5.74, 6) is -2.71. The van der Waals surface area contributed by atoms with Gasteiger partial charge in [0.1, 0.15) is 11.2 Å². The third-order valence-corrected chi connectivity index (χ3v) is 6.97. The van der Waals surface area contributed by atoms with E-state index in [-0.39, 0.29) is 34.7 Å². The second-order valence-electron chi connectivity index (χ2n) is 10.1. The van der Waals surface area contributed by atoms with Gasteiger partial charge in [0, 0.05) is 24.2 Å². The number of nitro benzene ring substituents is 1. The Bertz CT molecular complexity index is 2070. The van der Waals surface area contributed by atoms with Gasteiger partial charge in [-0.2, -0.15) is 13.2 Å². The number of ether oxygens (including phenoxy) is 1. The average Bonchev–Trinajstić information content (AvgIpc) is 3.34. The number of nitrogens with zero attached hydrogens (tertiary/aromatic N) is 6. The van der Waals surface area contributed by atoms with Crippen LogP contribution < -0.4 is 16.0 Å². The lowest BCUT2D eigenvalue weighted by Gasteiger charge is -2.17. The van der Waals surface area contributed by atoms with E-state index >= 15 is 8.78 Å². The minimum atomic E-state index is -5.01. The highest BCUT2D eigenvalue weighted by atomic mass is 19.4. The Kier molecular flexibility index (Phi) is 8.01. The van der Waals surface area contributed by atoms with Crippen molar-refractivity contribution < 1.29 is 31.6 Å². The van der Waals surface area contributed by atoms with Gasteiger partial charge < -0.3 is 9.64 Å². The molecule has 5 aromatic rings. The fourth-order valence-corrected chi connectivity index (χ4v) is 4.96. The van der Waals surface area contributed by atoms with Gasteiger partial charge in [-0.25, -0.2) is 22.8 Å². The van der Waals surface area contributed by atoms with Crippen LogP contribution in [0.2, 0.25) is 0 Å². The summed E-state index contributed by atoms with van der Waals surface area (Å²) >= 11 is 0. The molecule has 45 heavy (non-hydrogen) atoms. The monoisotopic (exact) mass is 630 g/mol. The van der Waals surface area contributed by atoms with Crippen molar-refractivity contribution in [2.75, 3.05) is 21.2 Å². The summed E-state index contributed by atoms with van der Waals surface area (Å²) in [6.45, 7) is -1.07. The molecule has 0 amide bonds. The maximum Gasteiger partial charge on any atom is 0.416 e. The molecular weight excluding hydrogens is 607 g/mol. The molecule has 3 aromatic carbocycles. The highest BCUT2D eigenvalue weighted by Crippen LogP contribution is 2.34. The zero-order valence-corrected chi connectivity index (χ0v) is 23.8. The Morgan fingerprint density at radius 3 is 2.27 bits per heavy atom. The van der Waals surface area contributed by atoms with Gasteiger partial charge in [-0.1, -0.05) is 12.1 Å². The van der Waals surface area contributed by atoms with E-state index < -0.39 is 63.0 Å². The Morgan fingerprint density at radius 1 is 1.00 bits per heavy atom. The normalized spacial score (nSPS) is 11.8. The summed E-state index contributed by atoms with van der Waals surface area (Å²) < 4.78 is 79.7. The summed E-state index contributed by atoms with van der Waals surface area (Å²) in [4.78, 5) is 40.3. The molecule has 234 valence electrons. The second-order valence-corrected chi connectivity index (χ2v) is 10.1. The third kappa shape index (κ3) is 5.55. The molecule has 11 nitrogen and oxygen atoms in total. The molecule has 0 spiro atoms. The van der Waals surface area contributed by atoms with Gasteiger partial charge in [-0.3, -0.25) is 19.5 Å². The molecule has 0 aliphatic heterocycles. The van der Waals surface area contributed by atoms with Crippen molar-refractivity contribution in [3.05, 3.63) is 120 Å². The van der Waals surface area contributed by atoms with Crippen LogP contribution in [0.4, 0.5) is 27.6 Å². The van der Waals surface area contributed by atoms with Crippen LogP contribution in [0.15, 0.2) is 70.3 Å². The Balaban J connectivity index is 1.93. The molecule has 0 bridgehead atoms. The van der Waals surface area contributed by atoms with Gasteiger partial charge in [0.25, 0.3) is 11.2 Å². The van der Waals surface area contributed by atoms with Crippen molar-refractivity contribution in [1.82, 2.24) is 23.8 Å². The summed E-state index contributed by atoms with van der Waals surface area (Å²) in [5, 5.41) is 15.3. The highest BCUT2D eigenvalue weighted by Gasteiger charge is 2.35. The number of methoxy groups -OCH3 is 1. The molecule has 0 saturated heterocycles. The summed E-state index contributed by atoms with van der Waals surface area (Å²) in [6, 6.07) is 10.9. The molecule has 0 atom stereocenters. The van der Waals surface area contributed by atoms with Crippen molar-refractivity contribution in [2.45, 2.75) is 19.3 Å². The lowest BCUT2D eigenvalue weighted by atomic mass is 10.1. The number of aromatic nitrogens is 4. The summed E-state index contributed by atoms with van der Waals surface area (Å²) in [6.07, 6.45) is -5.01. The van der Waals surface area contributed by atoms with E-state index in [1.807, 2.05) is 0 Å². The topological polar surface area (TPSA) is 117 Å². The zero-order valence-electron chi connectivity index (χ0n) is 23.8. The number of hydrogen-bond donors (Lipinski definition) is 0. The van der Waals surface area contributed by atoms with Crippen LogP contribution in [-0.2, 0) is 19.3 Å². The predicted octanol–water partition coefficient (Wildman–Crippen LogP) is 4.66. The van der Waals surface area contributed by atoms with E-state index in [1.165, 1.54) is 41.1 Å². The van der Waals surface area contributed by atoms with Gasteiger partial charge >= 0.3 is 11.9 Å². The Labute approximate surface area is 250 Å². The number of benzene rings is 3. The molecule has 0 aliphatic carbocycles. The first-order chi connectivity index (χ1) is 21.2. The first-order valence-electron chi connectivity index (χ1n) is 13.1. The largest absolute Gasteiger partial charge is 0.494 e. The maximum atomic E-state index is 15.5. The van der Waals surface area contributed by atoms with Crippen molar-refractivity contribution in [2.24, 2.45) is 0 Å². The van der Waals surface area contributed by atoms with Crippen molar-refractivity contribution in [3.63, 3.8) is 0 Å². The second kappa shape index (κ2) is 11.6. The lowest BCUT2D eigenvalue weighted by molar-refractivity contribution is -0.384. The number of rotatable bonds is 8. The van der Waals surface area contributed by atoms with E-state index in [4.69, 9.17) is 4.74 Å². The molecule has 0 radical (unpaired) electrons. The SMILES string of the molecule is COc1cccc(-n2c(=O)c3c(CN(C)C)n(-c4ccc([N+](=O)[O-])cc4)nc3n(Cc3c(F)cccc3C(F)(F)F)c2=O)c1F. The molecule has 16 heteroatoms. The van der Waals surface area contributed by atoms with Crippen LogP contribution in [0.25, 0.3) is 22.4 Å². The number of alkyl halides is 3. The molecule has 0 fully saturated rings. The molecule has 0 N–H and O–H groups in total. The minimum absolute atomic E-state index is 0.0327. The fraction of sp³-hybridized carbons (Fsp3) is 0.207. The molecule has 2 heterocycles. The van der Waals surface area contributed by atoms with Crippen LogP contribution in [-0.4, -0.2) is 49.9 Å². The average molecular weight is 631 g/mol. The number of halogens is 5.